The molecule has 3 amide bonds. The van der Waals surface area contributed by atoms with Gasteiger partial charge in [-0.05, 0) is 92.7 Å². The lowest BCUT2D eigenvalue weighted by Gasteiger charge is -2.64. The maximum atomic E-state index is 13.8. The van der Waals surface area contributed by atoms with Crippen LogP contribution in [0.15, 0.2) is 24.3 Å². The van der Waals surface area contributed by atoms with Gasteiger partial charge >= 0.3 is 13.1 Å². The summed E-state index contributed by atoms with van der Waals surface area (Å²) in [7, 11) is -0.604. The van der Waals surface area contributed by atoms with E-state index in [9.17, 15) is 19.7 Å². The summed E-state index contributed by atoms with van der Waals surface area (Å²) in [5.41, 5.74) is 3.33. The highest BCUT2D eigenvalue weighted by molar-refractivity contribution is 6.48. The second kappa shape index (κ2) is 15.0. The third kappa shape index (κ3) is 8.50. The highest BCUT2D eigenvalue weighted by Gasteiger charge is 2.68. The average molecular weight is 642 g/mol. The first-order valence-corrected chi connectivity index (χ1v) is 16.8. The zero-order valence-electron chi connectivity index (χ0n) is 28.1. The van der Waals surface area contributed by atoms with Gasteiger partial charge in [0.1, 0.15) is 6.04 Å². The number of hydrogen-bond donors (Lipinski definition) is 6. The first-order chi connectivity index (χ1) is 21.7. The number of hydrazine groups is 1. The summed E-state index contributed by atoms with van der Waals surface area (Å²) >= 11 is 0. The topological polar surface area (TPSA) is 180 Å². The lowest BCUT2D eigenvalue weighted by molar-refractivity contribution is -0.525. The van der Waals surface area contributed by atoms with E-state index in [0.717, 1.165) is 32.1 Å². The van der Waals surface area contributed by atoms with Crippen molar-refractivity contribution in [3.63, 3.8) is 0 Å². The third-order valence-corrected chi connectivity index (χ3v) is 10.2. The molecule has 1 saturated heterocycles. The minimum absolute atomic E-state index is 0.0249. The van der Waals surface area contributed by atoms with Crippen LogP contribution in [0, 0.1) is 38.7 Å². The normalized spacial score (nSPS) is 25.5. The molecule has 4 fully saturated rings. The van der Waals surface area contributed by atoms with Gasteiger partial charge in [0.25, 0.3) is 5.96 Å². The van der Waals surface area contributed by atoms with E-state index in [1.54, 1.807) is 5.43 Å². The third-order valence-electron chi connectivity index (χ3n) is 10.2. The number of benzene rings is 1. The van der Waals surface area contributed by atoms with Crippen LogP contribution >= 0.6 is 0 Å². The van der Waals surface area contributed by atoms with Gasteiger partial charge in [0, 0.05) is 12.2 Å². The maximum Gasteiger partial charge on any atom is 0.481 e. The van der Waals surface area contributed by atoms with Crippen molar-refractivity contribution < 1.29 is 23.9 Å². The standard InChI is InChI=1S/C32H52BN7O6/c1-7-8-10-21-12-14-23(15-13-21)36-30(42)37-24(11-9-16-35-29(34)39-40(43)44)28(41)38-27(17-20(2)3)33-45-26-19-22-18-25(31(22,4)5)32(26,6)46-33/h12-15,20,22,24-27H,7-11,16-19H2,1-6H3,(H,38,41)(H3,34,35,39)(H2,36,37,42)/t22?,24-,25?,26?,27-,32?/m0/s1. The van der Waals surface area contributed by atoms with Gasteiger partial charge in [-0.3, -0.25) is 10.2 Å². The molecule has 3 saturated carbocycles. The predicted octanol–water partition coefficient (Wildman–Crippen LogP) is 4.40. The van der Waals surface area contributed by atoms with Crippen LogP contribution in [0.1, 0.15) is 92.1 Å². The van der Waals surface area contributed by atoms with E-state index in [1.807, 2.05) is 24.3 Å². The molecule has 0 spiro atoms. The summed E-state index contributed by atoms with van der Waals surface area (Å²) in [4.78, 5) is 37.5. The number of anilines is 1. The van der Waals surface area contributed by atoms with E-state index >= 15 is 0 Å². The van der Waals surface area contributed by atoms with Crippen molar-refractivity contribution in [3.8, 4) is 0 Å². The Morgan fingerprint density at radius 1 is 1.13 bits per heavy atom. The number of nitro groups is 1. The number of carbonyl (C=O) groups is 2. The quantitative estimate of drug-likeness (QED) is 0.0407. The molecule has 4 aliphatic rings. The number of guanidine groups is 1. The molecule has 4 unspecified atom stereocenters. The molecule has 6 atom stereocenters. The Labute approximate surface area is 272 Å². The Morgan fingerprint density at radius 2 is 1.85 bits per heavy atom. The largest absolute Gasteiger partial charge is 0.481 e. The number of amides is 3. The summed E-state index contributed by atoms with van der Waals surface area (Å²) in [6.07, 6.45) is 6.42. The van der Waals surface area contributed by atoms with Crippen molar-refractivity contribution >= 4 is 30.7 Å². The van der Waals surface area contributed by atoms with Crippen LogP contribution in [0.3, 0.4) is 0 Å². The van der Waals surface area contributed by atoms with Crippen molar-refractivity contribution in [1.29, 1.82) is 5.41 Å². The van der Waals surface area contributed by atoms with Gasteiger partial charge in [0.2, 0.25) is 5.91 Å². The molecule has 46 heavy (non-hydrogen) atoms. The van der Waals surface area contributed by atoms with Crippen molar-refractivity contribution in [2.24, 2.45) is 23.2 Å². The molecule has 13 nitrogen and oxygen atoms in total. The molecule has 1 heterocycles. The van der Waals surface area contributed by atoms with Gasteiger partial charge < -0.3 is 30.6 Å². The molecule has 254 valence electrons. The molecule has 0 aromatic heterocycles. The van der Waals surface area contributed by atoms with Crippen LogP contribution in [0.4, 0.5) is 10.5 Å². The molecule has 3 aliphatic carbocycles. The fraction of sp³-hybridized carbons (Fsp3) is 0.719. The van der Waals surface area contributed by atoms with E-state index in [0.29, 0.717) is 30.4 Å². The SMILES string of the molecule is CCCCc1ccc(NC(=O)N[C@@H](CCCNC(=N)N[N+](=O)[O-])C(=O)N[C@@H](CC(C)C)B2OC3CC4CC(C4(C)C)C3(C)O2)cc1. The monoisotopic (exact) mass is 641 g/mol. The molecule has 1 aromatic rings. The Balaban J connectivity index is 1.42. The maximum absolute atomic E-state index is 13.8. The number of carbonyl (C=O) groups excluding carboxylic acids is 2. The molecule has 2 bridgehead atoms. The van der Waals surface area contributed by atoms with Crippen molar-refractivity contribution in [2.75, 3.05) is 11.9 Å². The Hall–Kier alpha value is -3.39. The molecule has 6 N–H and O–H groups in total. The van der Waals surface area contributed by atoms with E-state index in [4.69, 9.17) is 14.7 Å². The first-order valence-electron chi connectivity index (χ1n) is 16.8. The fourth-order valence-corrected chi connectivity index (χ4v) is 7.48. The van der Waals surface area contributed by atoms with Crippen LogP contribution in [0.25, 0.3) is 0 Å². The number of urea groups is 1. The van der Waals surface area contributed by atoms with Crippen molar-refractivity contribution in [3.05, 3.63) is 39.9 Å². The second-order valence-corrected chi connectivity index (χ2v) is 14.3. The molecule has 0 radical (unpaired) electrons. The lowest BCUT2D eigenvalue weighted by atomic mass is 9.43. The first kappa shape index (κ1) is 35.5. The second-order valence-electron chi connectivity index (χ2n) is 14.3. The molecular formula is C32H52BN7O6. The van der Waals surface area contributed by atoms with Gasteiger partial charge in [-0.1, -0.05) is 58.6 Å². The smallest absolute Gasteiger partial charge is 0.404 e. The van der Waals surface area contributed by atoms with E-state index in [2.05, 4.69) is 62.8 Å². The van der Waals surface area contributed by atoms with Gasteiger partial charge in [-0.2, -0.15) is 0 Å². The molecule has 1 aliphatic heterocycles. The molecule has 1 aromatic carbocycles. The van der Waals surface area contributed by atoms with Crippen molar-refractivity contribution in [1.82, 2.24) is 21.4 Å². The summed E-state index contributed by atoms with van der Waals surface area (Å²) in [6, 6.07) is 6.22. The number of hydrogen-bond acceptors (Lipinski definition) is 7. The summed E-state index contributed by atoms with van der Waals surface area (Å²) in [5.74, 6) is -0.00899. The summed E-state index contributed by atoms with van der Waals surface area (Å²) < 4.78 is 13.2. The molecule has 14 heteroatoms. The Morgan fingerprint density at radius 3 is 2.48 bits per heavy atom. The van der Waals surface area contributed by atoms with E-state index in [1.165, 1.54) is 5.56 Å². The van der Waals surface area contributed by atoms with Crippen LogP contribution in [0.2, 0.25) is 0 Å². The fourth-order valence-electron chi connectivity index (χ4n) is 7.48. The van der Waals surface area contributed by atoms with Gasteiger partial charge in [0.05, 0.1) is 17.6 Å². The minimum Gasteiger partial charge on any atom is -0.404 e. The zero-order valence-corrected chi connectivity index (χ0v) is 28.1. The molecule has 5 rings (SSSR count). The van der Waals surface area contributed by atoms with Crippen LogP contribution in [0.5, 0.6) is 0 Å². The number of rotatable bonds is 15. The van der Waals surface area contributed by atoms with Crippen LogP contribution in [-0.4, -0.2) is 60.3 Å². The summed E-state index contributed by atoms with van der Waals surface area (Å²) in [6.45, 7) is 13.3. The highest BCUT2D eigenvalue weighted by Crippen LogP contribution is 2.65. The van der Waals surface area contributed by atoms with Crippen LogP contribution < -0.4 is 26.7 Å². The van der Waals surface area contributed by atoms with E-state index < -0.39 is 41.7 Å². The predicted molar refractivity (Wildman–Crippen MR) is 178 cm³/mol. The van der Waals surface area contributed by atoms with Gasteiger partial charge in [0.15, 0.2) is 5.03 Å². The zero-order chi connectivity index (χ0) is 33.6. The van der Waals surface area contributed by atoms with Gasteiger partial charge in [-0.15, -0.1) is 0 Å². The van der Waals surface area contributed by atoms with E-state index in [-0.39, 0.29) is 36.3 Å². The average Bonchev–Trinajstić information content (AvgIpc) is 3.34. The minimum atomic E-state index is -0.913. The van der Waals surface area contributed by atoms with Gasteiger partial charge in [-0.25, -0.2) is 14.9 Å². The number of aryl methyl sites for hydroxylation is 1. The number of unbranched alkanes of at least 4 members (excludes halogenated alkanes) is 1. The summed E-state index contributed by atoms with van der Waals surface area (Å²) in [5, 5.41) is 28.8. The lowest BCUT2D eigenvalue weighted by Crippen LogP contribution is -2.65. The van der Waals surface area contributed by atoms with Crippen molar-refractivity contribution in [2.45, 2.75) is 117 Å². The Kier molecular flexibility index (Phi) is 11.6. The Bertz CT molecular complexity index is 1250. The molecular weight excluding hydrogens is 589 g/mol. The number of nitrogens with zero attached hydrogens (tertiary/aromatic N) is 1. The number of nitrogens with one attached hydrogen (secondary N) is 6. The van der Waals surface area contributed by atoms with Crippen LogP contribution in [-0.2, 0) is 20.5 Å². The highest BCUT2D eigenvalue weighted by atomic mass is 16.7.